The van der Waals surface area contributed by atoms with Crippen LogP contribution < -0.4 is 10.1 Å². The van der Waals surface area contributed by atoms with Gasteiger partial charge < -0.3 is 14.8 Å². The molecule has 1 atom stereocenters. The van der Waals surface area contributed by atoms with E-state index in [-0.39, 0.29) is 5.91 Å². The molecule has 0 aromatic heterocycles. The average Bonchev–Trinajstić information content (AvgIpc) is 2.59. The van der Waals surface area contributed by atoms with E-state index in [0.717, 1.165) is 50.6 Å². The number of benzene rings is 1. The highest BCUT2D eigenvalue weighted by Crippen LogP contribution is 2.18. The van der Waals surface area contributed by atoms with Gasteiger partial charge in [-0.2, -0.15) is 0 Å². The zero-order valence-corrected chi connectivity index (χ0v) is 14.2. The fourth-order valence-electron chi connectivity index (χ4n) is 2.62. The molecule has 1 amide bonds. The smallest absolute Gasteiger partial charge is 0.261 e. The first-order valence-corrected chi connectivity index (χ1v) is 8.50. The number of ether oxygens (including phenoxy) is 2. The van der Waals surface area contributed by atoms with Crippen LogP contribution in [0.15, 0.2) is 24.3 Å². The first-order valence-electron chi connectivity index (χ1n) is 8.50. The first-order chi connectivity index (χ1) is 11.2. The number of carbonyl (C=O) groups excluding carboxylic acids is 1. The molecule has 128 valence electrons. The quantitative estimate of drug-likeness (QED) is 0.744. The van der Waals surface area contributed by atoms with Crippen LogP contribution in [0.25, 0.3) is 0 Å². The summed E-state index contributed by atoms with van der Waals surface area (Å²) in [7, 11) is 0. The minimum Gasteiger partial charge on any atom is -0.480 e. The van der Waals surface area contributed by atoms with Gasteiger partial charge in [0.1, 0.15) is 5.75 Å². The fraction of sp³-hybridized carbons (Fsp3) is 0.611. The number of hydrogen-bond acceptors (Lipinski definition) is 4. The Hall–Kier alpha value is -1.59. The topological polar surface area (TPSA) is 50.8 Å². The molecule has 5 heteroatoms. The molecule has 1 saturated heterocycles. The van der Waals surface area contributed by atoms with E-state index in [9.17, 15) is 4.79 Å². The summed E-state index contributed by atoms with van der Waals surface area (Å²) in [6.45, 7) is 9.24. The molecule has 1 aliphatic rings. The summed E-state index contributed by atoms with van der Waals surface area (Å²) < 4.78 is 11.2. The molecule has 1 heterocycles. The number of hydrogen-bond donors (Lipinski definition) is 1. The molecule has 1 aromatic carbocycles. The minimum absolute atomic E-state index is 0.0299. The molecule has 23 heavy (non-hydrogen) atoms. The van der Waals surface area contributed by atoms with E-state index >= 15 is 0 Å². The highest BCUT2D eigenvalue weighted by atomic mass is 16.5. The number of aryl methyl sites for hydroxylation is 1. The number of nitrogens with one attached hydrogen (secondary N) is 1. The lowest BCUT2D eigenvalue weighted by molar-refractivity contribution is -0.128. The van der Waals surface area contributed by atoms with Gasteiger partial charge in [-0.05, 0) is 37.9 Å². The van der Waals surface area contributed by atoms with Crippen molar-refractivity contribution in [1.29, 1.82) is 0 Å². The molecular formula is C18H28N2O3. The van der Waals surface area contributed by atoms with Crippen LogP contribution in [-0.2, 0) is 9.53 Å². The van der Waals surface area contributed by atoms with Crippen molar-refractivity contribution in [3.05, 3.63) is 29.8 Å². The third kappa shape index (κ3) is 5.84. The third-order valence-electron chi connectivity index (χ3n) is 4.08. The molecule has 1 aliphatic heterocycles. The van der Waals surface area contributed by atoms with Gasteiger partial charge in [0.25, 0.3) is 5.91 Å². The minimum atomic E-state index is -0.431. The van der Waals surface area contributed by atoms with Crippen LogP contribution in [0.4, 0.5) is 0 Å². The van der Waals surface area contributed by atoms with Gasteiger partial charge in [-0.15, -0.1) is 0 Å². The number of morpholine rings is 1. The largest absolute Gasteiger partial charge is 0.480 e. The van der Waals surface area contributed by atoms with Gasteiger partial charge in [-0.25, -0.2) is 0 Å². The summed E-state index contributed by atoms with van der Waals surface area (Å²) in [5, 5.41) is 2.99. The van der Waals surface area contributed by atoms with Crippen LogP contribution in [0.1, 0.15) is 25.3 Å². The van der Waals surface area contributed by atoms with Crippen LogP contribution in [0, 0.1) is 6.92 Å². The Morgan fingerprint density at radius 2 is 2.09 bits per heavy atom. The second-order valence-electron chi connectivity index (χ2n) is 5.88. The summed E-state index contributed by atoms with van der Waals surface area (Å²) in [5.74, 6) is 0.751. The van der Waals surface area contributed by atoms with Crippen LogP contribution in [-0.4, -0.2) is 56.3 Å². The molecular weight excluding hydrogens is 292 g/mol. The van der Waals surface area contributed by atoms with Crippen molar-refractivity contribution in [3.8, 4) is 5.75 Å². The van der Waals surface area contributed by atoms with E-state index in [1.807, 2.05) is 38.1 Å². The van der Waals surface area contributed by atoms with E-state index in [1.54, 1.807) is 0 Å². The SMILES string of the molecule is CCC(Oc1ccccc1C)C(=O)NCCCN1CCOCC1. The summed E-state index contributed by atoms with van der Waals surface area (Å²) in [6.07, 6.45) is 1.18. The Bertz CT molecular complexity index is 487. The Balaban J connectivity index is 1.71. The standard InChI is InChI=1S/C18H28N2O3/c1-3-16(23-17-8-5-4-7-15(17)2)18(21)19-9-6-10-20-11-13-22-14-12-20/h4-5,7-8,16H,3,6,9-14H2,1-2H3,(H,19,21). The number of amides is 1. The monoisotopic (exact) mass is 320 g/mol. The third-order valence-corrected chi connectivity index (χ3v) is 4.08. The van der Waals surface area contributed by atoms with Crippen molar-refractivity contribution in [1.82, 2.24) is 10.2 Å². The van der Waals surface area contributed by atoms with Gasteiger partial charge in [0.15, 0.2) is 6.10 Å². The molecule has 1 fully saturated rings. The fourth-order valence-corrected chi connectivity index (χ4v) is 2.62. The van der Waals surface area contributed by atoms with Gasteiger partial charge in [0, 0.05) is 19.6 Å². The molecule has 1 aromatic rings. The highest BCUT2D eigenvalue weighted by molar-refractivity contribution is 5.81. The molecule has 0 spiro atoms. The van der Waals surface area contributed by atoms with E-state index in [1.165, 1.54) is 0 Å². The summed E-state index contributed by atoms with van der Waals surface area (Å²) in [5.41, 5.74) is 1.05. The van der Waals surface area contributed by atoms with Crippen LogP contribution in [0.3, 0.4) is 0 Å². The van der Waals surface area contributed by atoms with Crippen LogP contribution in [0.2, 0.25) is 0 Å². The predicted octanol–water partition coefficient (Wildman–Crippen LogP) is 1.99. The van der Waals surface area contributed by atoms with Crippen LogP contribution >= 0.6 is 0 Å². The summed E-state index contributed by atoms with van der Waals surface area (Å²) >= 11 is 0. The molecule has 0 saturated carbocycles. The van der Waals surface area contributed by atoms with E-state index in [0.29, 0.717) is 13.0 Å². The number of nitrogens with zero attached hydrogens (tertiary/aromatic N) is 1. The van der Waals surface area contributed by atoms with Gasteiger partial charge in [-0.3, -0.25) is 9.69 Å². The number of carbonyl (C=O) groups is 1. The Morgan fingerprint density at radius 1 is 1.35 bits per heavy atom. The zero-order valence-electron chi connectivity index (χ0n) is 14.2. The van der Waals surface area contributed by atoms with Gasteiger partial charge in [0.05, 0.1) is 13.2 Å². The molecule has 2 rings (SSSR count). The maximum atomic E-state index is 12.3. The molecule has 0 bridgehead atoms. The lowest BCUT2D eigenvalue weighted by Gasteiger charge is -2.26. The van der Waals surface area contributed by atoms with Crippen molar-refractivity contribution in [3.63, 3.8) is 0 Å². The number of para-hydroxylation sites is 1. The highest BCUT2D eigenvalue weighted by Gasteiger charge is 2.18. The second kappa shape index (κ2) is 9.53. The Labute approximate surface area is 139 Å². The van der Waals surface area contributed by atoms with Gasteiger partial charge >= 0.3 is 0 Å². The van der Waals surface area contributed by atoms with E-state index < -0.39 is 6.10 Å². The first kappa shape index (κ1) is 17.8. The van der Waals surface area contributed by atoms with E-state index in [2.05, 4.69) is 10.2 Å². The van der Waals surface area contributed by atoms with Crippen molar-refractivity contribution in [2.24, 2.45) is 0 Å². The normalized spacial score (nSPS) is 16.8. The molecule has 1 unspecified atom stereocenters. The molecule has 1 N–H and O–H groups in total. The Morgan fingerprint density at radius 3 is 2.78 bits per heavy atom. The maximum absolute atomic E-state index is 12.3. The predicted molar refractivity (Wildman–Crippen MR) is 90.8 cm³/mol. The van der Waals surface area contributed by atoms with Crippen molar-refractivity contribution < 1.29 is 14.3 Å². The summed E-state index contributed by atoms with van der Waals surface area (Å²) in [4.78, 5) is 14.6. The number of rotatable bonds is 8. The molecule has 5 nitrogen and oxygen atoms in total. The van der Waals surface area contributed by atoms with Crippen molar-refractivity contribution in [2.45, 2.75) is 32.8 Å². The van der Waals surface area contributed by atoms with Gasteiger partial charge in [-0.1, -0.05) is 25.1 Å². The maximum Gasteiger partial charge on any atom is 0.261 e. The van der Waals surface area contributed by atoms with Gasteiger partial charge in [0.2, 0.25) is 0 Å². The van der Waals surface area contributed by atoms with E-state index in [4.69, 9.17) is 9.47 Å². The summed E-state index contributed by atoms with van der Waals surface area (Å²) in [6, 6.07) is 7.79. The average molecular weight is 320 g/mol. The Kier molecular flexibility index (Phi) is 7.36. The molecule has 0 aliphatic carbocycles. The lowest BCUT2D eigenvalue weighted by Crippen LogP contribution is -2.41. The van der Waals surface area contributed by atoms with Crippen molar-refractivity contribution in [2.75, 3.05) is 39.4 Å². The second-order valence-corrected chi connectivity index (χ2v) is 5.88. The zero-order chi connectivity index (χ0) is 16.5. The van der Waals surface area contributed by atoms with Crippen molar-refractivity contribution >= 4 is 5.91 Å². The van der Waals surface area contributed by atoms with Crippen LogP contribution in [0.5, 0.6) is 5.75 Å². The lowest BCUT2D eigenvalue weighted by atomic mass is 10.2. The molecule has 0 radical (unpaired) electrons.